The van der Waals surface area contributed by atoms with Crippen LogP contribution >= 0.6 is 0 Å². The summed E-state index contributed by atoms with van der Waals surface area (Å²) >= 11 is 0. The maximum absolute atomic E-state index is 13.9. The van der Waals surface area contributed by atoms with E-state index in [0.29, 0.717) is 19.3 Å². The fraction of sp³-hybridized carbons (Fsp3) is 0.576. The van der Waals surface area contributed by atoms with E-state index < -0.39 is 77.7 Å². The molecule has 0 radical (unpaired) electrons. The molecule has 0 saturated carbocycles. The van der Waals surface area contributed by atoms with Gasteiger partial charge in [0.15, 0.2) is 0 Å². The van der Waals surface area contributed by atoms with Gasteiger partial charge < -0.3 is 36.3 Å². The molecular weight excluding hydrogens is 620 g/mol. The van der Waals surface area contributed by atoms with Gasteiger partial charge >= 0.3 is 5.97 Å². The van der Waals surface area contributed by atoms with Crippen LogP contribution in [-0.2, 0) is 39.9 Å². The highest BCUT2D eigenvalue weighted by atomic mass is 16.6. The van der Waals surface area contributed by atoms with Crippen molar-refractivity contribution >= 4 is 46.4 Å². The van der Waals surface area contributed by atoms with E-state index in [1.165, 1.54) is 11.8 Å². The zero-order chi connectivity index (χ0) is 35.8. The summed E-state index contributed by atoms with van der Waals surface area (Å²) in [6, 6.07) is 2.25. The predicted molar refractivity (Wildman–Crippen MR) is 178 cm³/mol. The number of fused-ring (bicyclic) bond motifs is 1. The number of aromatic amines is 1. The molecule has 1 aliphatic heterocycles. The number of nitrogens with two attached hydrogens (primary N) is 2. The summed E-state index contributed by atoms with van der Waals surface area (Å²) in [5, 5.41) is 8.77. The number of esters is 1. The van der Waals surface area contributed by atoms with Gasteiger partial charge in [-0.05, 0) is 70.9 Å². The zero-order valence-corrected chi connectivity index (χ0v) is 28.6. The van der Waals surface area contributed by atoms with E-state index in [4.69, 9.17) is 16.3 Å². The number of hydrazine groups is 1. The van der Waals surface area contributed by atoms with Crippen molar-refractivity contribution in [2.24, 2.45) is 17.5 Å². The highest BCUT2D eigenvalue weighted by Crippen LogP contribution is 2.22. The Labute approximate surface area is 280 Å². The summed E-state index contributed by atoms with van der Waals surface area (Å²) in [7, 11) is 0. The first-order valence-electron chi connectivity index (χ1n) is 16.2. The van der Waals surface area contributed by atoms with Crippen molar-refractivity contribution in [2.45, 2.75) is 109 Å². The van der Waals surface area contributed by atoms with Gasteiger partial charge in [0.2, 0.25) is 23.6 Å². The monoisotopic (exact) mass is 670 g/mol. The van der Waals surface area contributed by atoms with Crippen molar-refractivity contribution in [1.29, 1.82) is 0 Å². The number of H-pyrrole nitrogens is 1. The number of hydrogen-bond donors (Lipinski definition) is 7. The molecule has 2 heterocycles. The second kappa shape index (κ2) is 16.6. The molecule has 15 nitrogen and oxygen atoms in total. The Balaban J connectivity index is 1.73. The van der Waals surface area contributed by atoms with Crippen LogP contribution in [0.4, 0.5) is 0 Å². The van der Waals surface area contributed by atoms with Crippen molar-refractivity contribution < 1.29 is 33.5 Å². The molecule has 2 aromatic rings. The Morgan fingerprint density at radius 2 is 1.65 bits per heavy atom. The maximum Gasteiger partial charge on any atom is 0.308 e. The lowest BCUT2D eigenvalue weighted by Crippen LogP contribution is -2.58. The molecule has 264 valence electrons. The summed E-state index contributed by atoms with van der Waals surface area (Å²) in [6.07, 6.45) is 2.56. The average Bonchev–Trinajstić information content (AvgIpc) is 3.66. The number of benzene rings is 1. The summed E-state index contributed by atoms with van der Waals surface area (Å²) in [5.74, 6) is 1.57. The van der Waals surface area contributed by atoms with Gasteiger partial charge in [0, 0.05) is 23.6 Å². The largest absolute Gasteiger partial charge is 0.460 e. The molecule has 1 aromatic carbocycles. The second-order valence-corrected chi connectivity index (χ2v) is 13.6. The van der Waals surface area contributed by atoms with Gasteiger partial charge in [0.25, 0.3) is 5.91 Å². The van der Waals surface area contributed by atoms with Crippen LogP contribution in [0.3, 0.4) is 0 Å². The van der Waals surface area contributed by atoms with Gasteiger partial charge in [-0.1, -0.05) is 32.0 Å². The van der Waals surface area contributed by atoms with Crippen LogP contribution in [0.15, 0.2) is 30.5 Å². The van der Waals surface area contributed by atoms with Crippen molar-refractivity contribution in [2.75, 3.05) is 6.54 Å². The Kier molecular flexibility index (Phi) is 13.1. The number of nitrogens with zero attached hydrogens (tertiary/aromatic N) is 1. The van der Waals surface area contributed by atoms with Gasteiger partial charge in [0.1, 0.15) is 29.8 Å². The van der Waals surface area contributed by atoms with Gasteiger partial charge in [-0.3, -0.25) is 34.2 Å². The van der Waals surface area contributed by atoms with E-state index in [1.807, 2.05) is 43.5 Å². The third-order valence-corrected chi connectivity index (χ3v) is 7.93. The second-order valence-electron chi connectivity index (χ2n) is 13.6. The van der Waals surface area contributed by atoms with Crippen molar-refractivity contribution in [3.63, 3.8) is 0 Å². The summed E-state index contributed by atoms with van der Waals surface area (Å²) in [4.78, 5) is 83.0. The van der Waals surface area contributed by atoms with Gasteiger partial charge in [-0.25, -0.2) is 5.84 Å². The molecule has 0 aliphatic carbocycles. The molecule has 5 amide bonds. The number of rotatable bonds is 14. The number of ether oxygens (including phenoxy) is 1. The maximum atomic E-state index is 13.9. The fourth-order valence-electron chi connectivity index (χ4n) is 5.64. The van der Waals surface area contributed by atoms with Crippen molar-refractivity contribution in [3.8, 4) is 0 Å². The van der Waals surface area contributed by atoms with Gasteiger partial charge in [0.05, 0.1) is 12.5 Å². The average molecular weight is 671 g/mol. The van der Waals surface area contributed by atoms with Crippen LogP contribution in [0.25, 0.3) is 10.9 Å². The zero-order valence-electron chi connectivity index (χ0n) is 28.6. The van der Waals surface area contributed by atoms with Crippen molar-refractivity contribution in [1.82, 2.24) is 31.3 Å². The smallest absolute Gasteiger partial charge is 0.308 e. The Bertz CT molecular complexity index is 1480. The molecule has 9 N–H and O–H groups in total. The SMILES string of the molecule is CC(C)C[C@H](NC(=O)[C@@H](C)NC(=O)[C@@H]1CCCN1C(=O)[C@@H](CC(=O)OC(C)(C)C)NC(=O)[C@H](N)Cc1c[nH]c2ccccc12)C(=O)NN. The van der Waals surface area contributed by atoms with Gasteiger partial charge in [-0.15, -0.1) is 0 Å². The highest BCUT2D eigenvalue weighted by molar-refractivity contribution is 5.97. The number of hydrogen-bond acceptors (Lipinski definition) is 9. The molecule has 0 unspecified atom stereocenters. The first-order chi connectivity index (χ1) is 22.5. The normalized spacial score (nSPS) is 17.3. The first-order valence-corrected chi connectivity index (χ1v) is 16.2. The van der Waals surface area contributed by atoms with Crippen molar-refractivity contribution in [3.05, 3.63) is 36.0 Å². The summed E-state index contributed by atoms with van der Waals surface area (Å²) < 4.78 is 5.43. The minimum Gasteiger partial charge on any atom is -0.460 e. The molecule has 1 saturated heterocycles. The van der Waals surface area contributed by atoms with E-state index in [-0.39, 0.29) is 18.9 Å². The summed E-state index contributed by atoms with van der Waals surface area (Å²) in [6.45, 7) is 10.5. The lowest BCUT2D eigenvalue weighted by atomic mass is 10.0. The lowest BCUT2D eigenvalue weighted by molar-refractivity contribution is -0.157. The minimum atomic E-state index is -1.36. The number of carbonyl (C=O) groups excluding carboxylic acids is 6. The summed E-state index contributed by atoms with van der Waals surface area (Å²) in [5.41, 5.74) is 9.18. The van der Waals surface area contributed by atoms with Crippen LogP contribution < -0.4 is 33.0 Å². The Hall–Kier alpha value is -4.50. The molecule has 0 bridgehead atoms. The topological polar surface area (TPSA) is 231 Å². The first kappa shape index (κ1) is 38.0. The fourth-order valence-corrected chi connectivity index (χ4v) is 5.64. The predicted octanol–water partition coefficient (Wildman–Crippen LogP) is 0.271. The number of nitrogens with one attached hydrogen (secondary N) is 5. The Morgan fingerprint density at radius 3 is 2.29 bits per heavy atom. The van der Waals surface area contributed by atoms with E-state index in [1.54, 1.807) is 27.0 Å². The van der Waals surface area contributed by atoms with E-state index in [0.717, 1.165) is 16.5 Å². The standard InChI is InChI=1S/C33H50N8O7/c1-18(2)14-24(30(45)40-35)38-28(43)19(3)37-31(46)26-12-9-13-41(26)32(47)25(16-27(42)48-33(4,5)6)39-29(44)22(34)15-20-17-36-23-11-8-7-10-21(20)23/h7-8,10-11,17-19,22,24-26,36H,9,12-16,34-35H2,1-6H3,(H,37,46)(H,38,43)(H,39,44)(H,40,45)/t19-,22-,24+,25-,26+/m1/s1. The molecule has 5 atom stereocenters. The molecule has 1 fully saturated rings. The molecule has 0 spiro atoms. The number of likely N-dealkylation sites (tertiary alicyclic amines) is 1. The van der Waals surface area contributed by atoms with Crippen LogP contribution in [0.1, 0.15) is 72.8 Å². The van der Waals surface area contributed by atoms with Crippen LogP contribution in [-0.4, -0.2) is 87.7 Å². The molecule has 3 rings (SSSR count). The molecule has 48 heavy (non-hydrogen) atoms. The van der Waals surface area contributed by atoms with E-state index >= 15 is 0 Å². The lowest BCUT2D eigenvalue weighted by Gasteiger charge is -2.30. The third-order valence-electron chi connectivity index (χ3n) is 7.93. The quantitative estimate of drug-likeness (QED) is 0.0632. The number of carbonyl (C=O) groups is 6. The third kappa shape index (κ3) is 10.5. The molecule has 1 aliphatic rings. The number of para-hydroxylation sites is 1. The van der Waals surface area contributed by atoms with E-state index in [2.05, 4.69) is 20.9 Å². The Morgan fingerprint density at radius 1 is 0.979 bits per heavy atom. The highest BCUT2D eigenvalue weighted by Gasteiger charge is 2.40. The molecular formula is C33H50N8O7. The van der Waals surface area contributed by atoms with Crippen LogP contribution in [0, 0.1) is 5.92 Å². The molecule has 15 heteroatoms. The van der Waals surface area contributed by atoms with Crippen LogP contribution in [0.5, 0.6) is 0 Å². The number of aromatic nitrogens is 1. The minimum absolute atomic E-state index is 0.0766. The van der Waals surface area contributed by atoms with Gasteiger partial charge in [-0.2, -0.15) is 0 Å². The van der Waals surface area contributed by atoms with Crippen LogP contribution in [0.2, 0.25) is 0 Å². The molecule has 1 aromatic heterocycles. The number of amides is 5. The van der Waals surface area contributed by atoms with E-state index in [9.17, 15) is 28.8 Å².